The number of rotatable bonds is 11. The second-order valence-corrected chi connectivity index (χ2v) is 14.4. The Hall–Kier alpha value is -5.03. The average molecular weight is 714 g/mol. The number of carbonyl (C=O) groups excluding carboxylic acids is 2. The molecule has 0 aliphatic heterocycles. The molecule has 47 heavy (non-hydrogen) atoms. The van der Waals surface area contributed by atoms with Crippen molar-refractivity contribution in [1.29, 1.82) is 0 Å². The van der Waals surface area contributed by atoms with E-state index in [0.29, 0.717) is 11.3 Å². The fraction of sp³-hybridized carbons (Fsp3) is 0.0645. The van der Waals surface area contributed by atoms with E-state index in [2.05, 4.69) is 14.8 Å². The van der Waals surface area contributed by atoms with Crippen LogP contribution in [0.1, 0.15) is 36.6 Å². The van der Waals surface area contributed by atoms with Crippen LogP contribution in [0.4, 0.5) is 17.1 Å². The van der Waals surface area contributed by atoms with Gasteiger partial charge in [0.25, 0.3) is 26.0 Å². The first-order valence-electron chi connectivity index (χ1n) is 13.5. The average Bonchev–Trinajstić information content (AvgIpc) is 3.72. The second-order valence-electron chi connectivity index (χ2n) is 9.22. The maximum Gasteiger partial charge on any atom is 0.348 e. The fourth-order valence-corrected chi connectivity index (χ4v) is 7.57. The van der Waals surface area contributed by atoms with E-state index in [1.54, 1.807) is 73.0 Å². The summed E-state index contributed by atoms with van der Waals surface area (Å²) in [5.41, 5.74) is 1.11. The van der Waals surface area contributed by atoms with E-state index in [9.17, 15) is 31.2 Å². The number of ether oxygens (including phenoxy) is 1. The van der Waals surface area contributed by atoms with Gasteiger partial charge in [-0.1, -0.05) is 36.4 Å². The molecule has 5 rings (SSSR count). The number of esters is 1. The lowest BCUT2D eigenvalue weighted by Gasteiger charge is -2.10. The highest BCUT2D eigenvalue weighted by atomic mass is 32.2. The molecular formula is C31H27N3O9S4. The number of anilines is 3. The molecule has 12 nitrogen and oxygen atoms in total. The van der Waals surface area contributed by atoms with Gasteiger partial charge < -0.3 is 15.2 Å². The highest BCUT2D eigenvalue weighted by Gasteiger charge is 2.21. The summed E-state index contributed by atoms with van der Waals surface area (Å²) in [4.78, 5) is 35.6. The molecule has 0 bridgehead atoms. The van der Waals surface area contributed by atoms with Crippen LogP contribution in [-0.2, 0) is 24.8 Å². The third-order valence-electron chi connectivity index (χ3n) is 5.98. The molecule has 0 fully saturated rings. The minimum absolute atomic E-state index is 0.0329. The maximum atomic E-state index is 12.6. The van der Waals surface area contributed by atoms with Crippen LogP contribution in [-0.4, -0.2) is 46.4 Å². The Morgan fingerprint density at radius 3 is 1.62 bits per heavy atom. The number of carboxylic acid groups (broad SMARTS) is 1. The zero-order valence-electron chi connectivity index (χ0n) is 24.4. The molecule has 244 valence electrons. The number of hydrogen-bond acceptors (Lipinski definition) is 10. The smallest absolute Gasteiger partial charge is 0.348 e. The SMILES string of the molecule is CCOC(=O)c1ccc(NC(=O)c2sccc2NS(=O)(=O)c2ccccc2)cc1.O=C(O)c1sccc1NS(=O)(=O)c1ccccc1. The minimum atomic E-state index is -3.81. The molecule has 0 spiro atoms. The van der Waals surface area contributed by atoms with Gasteiger partial charge in [0.1, 0.15) is 9.75 Å². The number of sulfonamides is 2. The van der Waals surface area contributed by atoms with Crippen LogP contribution < -0.4 is 14.8 Å². The van der Waals surface area contributed by atoms with Gasteiger partial charge in [0, 0.05) is 5.69 Å². The van der Waals surface area contributed by atoms with E-state index in [1.807, 2.05) is 0 Å². The van der Waals surface area contributed by atoms with Crippen molar-refractivity contribution in [3.63, 3.8) is 0 Å². The van der Waals surface area contributed by atoms with Gasteiger partial charge in [0.2, 0.25) is 0 Å². The number of benzene rings is 3. The number of carbonyl (C=O) groups is 3. The summed E-state index contributed by atoms with van der Waals surface area (Å²) in [6, 6.07) is 24.9. The zero-order chi connectivity index (χ0) is 34.0. The third kappa shape index (κ3) is 9.26. The summed E-state index contributed by atoms with van der Waals surface area (Å²) < 4.78 is 58.6. The first-order valence-corrected chi connectivity index (χ1v) is 18.3. The number of carboxylic acids is 1. The molecule has 0 atom stereocenters. The first-order chi connectivity index (χ1) is 22.4. The summed E-state index contributed by atoms with van der Waals surface area (Å²) in [5, 5.41) is 14.7. The Morgan fingerprint density at radius 2 is 1.15 bits per heavy atom. The predicted molar refractivity (Wildman–Crippen MR) is 180 cm³/mol. The quantitative estimate of drug-likeness (QED) is 0.115. The van der Waals surface area contributed by atoms with Gasteiger partial charge in [-0.3, -0.25) is 14.2 Å². The van der Waals surface area contributed by atoms with Crippen LogP contribution in [0.2, 0.25) is 0 Å². The Balaban J connectivity index is 0.000000238. The molecule has 1 amide bonds. The Bertz CT molecular complexity index is 2060. The van der Waals surface area contributed by atoms with Crippen molar-refractivity contribution in [2.24, 2.45) is 0 Å². The highest BCUT2D eigenvalue weighted by Crippen LogP contribution is 2.27. The fourth-order valence-electron chi connectivity index (χ4n) is 3.82. The monoisotopic (exact) mass is 713 g/mol. The van der Waals surface area contributed by atoms with Crippen LogP contribution in [0.15, 0.2) is 118 Å². The molecule has 0 aliphatic carbocycles. The largest absolute Gasteiger partial charge is 0.477 e. The van der Waals surface area contributed by atoms with E-state index in [1.165, 1.54) is 41.8 Å². The predicted octanol–water partition coefficient (Wildman–Crippen LogP) is 6.23. The molecule has 0 unspecified atom stereocenters. The molecule has 0 aliphatic rings. The first kappa shape index (κ1) is 34.8. The molecule has 2 aromatic heterocycles. The van der Waals surface area contributed by atoms with E-state index >= 15 is 0 Å². The molecule has 0 saturated heterocycles. The molecule has 0 radical (unpaired) electrons. The molecule has 3 aromatic carbocycles. The molecule has 0 saturated carbocycles. The van der Waals surface area contributed by atoms with E-state index in [0.717, 1.165) is 22.7 Å². The van der Waals surface area contributed by atoms with Crippen molar-refractivity contribution in [2.45, 2.75) is 16.7 Å². The molecule has 5 aromatic rings. The maximum absolute atomic E-state index is 12.6. The summed E-state index contributed by atoms with van der Waals surface area (Å²) in [5.74, 6) is -2.06. The van der Waals surface area contributed by atoms with Gasteiger partial charge in [-0.2, -0.15) is 0 Å². The lowest BCUT2D eigenvalue weighted by Crippen LogP contribution is -2.17. The van der Waals surface area contributed by atoms with Gasteiger partial charge in [0.15, 0.2) is 0 Å². The van der Waals surface area contributed by atoms with Crippen molar-refractivity contribution >= 4 is 77.6 Å². The van der Waals surface area contributed by atoms with E-state index in [-0.39, 0.29) is 37.5 Å². The Kier molecular flexibility index (Phi) is 11.5. The van der Waals surface area contributed by atoms with Crippen molar-refractivity contribution < 1.29 is 41.1 Å². The number of thiophene rings is 2. The summed E-state index contributed by atoms with van der Waals surface area (Å²) in [6.45, 7) is 1.99. The topological polar surface area (TPSA) is 185 Å². The summed E-state index contributed by atoms with van der Waals surface area (Å²) >= 11 is 2.08. The Labute approximate surface area is 278 Å². The minimum Gasteiger partial charge on any atom is -0.477 e. The van der Waals surface area contributed by atoms with E-state index in [4.69, 9.17) is 9.84 Å². The molecule has 4 N–H and O–H groups in total. The van der Waals surface area contributed by atoms with Gasteiger partial charge in [0.05, 0.1) is 33.3 Å². The standard InChI is InChI=1S/C20H18N2O5S2.C11H9NO4S2/c1-2-27-20(24)14-8-10-15(11-9-14)21-19(23)18-17(12-13-28-18)22-29(25,26)16-6-4-3-5-7-16;13-11(14)10-9(6-7-17-10)12-18(15,16)8-4-2-1-3-5-8/h3-13,22H,2H2,1H3,(H,21,23);1-7,12H,(H,13,14). The van der Waals surface area contributed by atoms with Crippen LogP contribution in [0.25, 0.3) is 0 Å². The van der Waals surface area contributed by atoms with Gasteiger partial charge in [-0.15, -0.1) is 22.7 Å². The third-order valence-corrected chi connectivity index (χ3v) is 10.6. The van der Waals surface area contributed by atoms with Gasteiger partial charge in [-0.05, 0) is 78.3 Å². The molecule has 16 heteroatoms. The van der Waals surface area contributed by atoms with Gasteiger partial charge >= 0.3 is 11.9 Å². The van der Waals surface area contributed by atoms with Crippen molar-refractivity contribution in [3.05, 3.63) is 123 Å². The van der Waals surface area contributed by atoms with Crippen molar-refractivity contribution in [3.8, 4) is 0 Å². The van der Waals surface area contributed by atoms with Crippen LogP contribution in [0.3, 0.4) is 0 Å². The lowest BCUT2D eigenvalue weighted by molar-refractivity contribution is 0.0525. The highest BCUT2D eigenvalue weighted by molar-refractivity contribution is 7.93. The number of nitrogens with one attached hydrogen (secondary N) is 3. The van der Waals surface area contributed by atoms with Crippen molar-refractivity contribution in [1.82, 2.24) is 0 Å². The Morgan fingerprint density at radius 1 is 0.681 bits per heavy atom. The number of aromatic carboxylic acids is 1. The van der Waals surface area contributed by atoms with Crippen LogP contribution in [0, 0.1) is 0 Å². The van der Waals surface area contributed by atoms with Crippen molar-refractivity contribution in [2.75, 3.05) is 21.4 Å². The zero-order valence-corrected chi connectivity index (χ0v) is 27.7. The normalized spacial score (nSPS) is 11.0. The van der Waals surface area contributed by atoms with Crippen LogP contribution >= 0.6 is 22.7 Å². The van der Waals surface area contributed by atoms with Crippen LogP contribution in [0.5, 0.6) is 0 Å². The molecular weight excluding hydrogens is 687 g/mol. The molecule has 2 heterocycles. The van der Waals surface area contributed by atoms with E-state index < -0.39 is 37.9 Å². The van der Waals surface area contributed by atoms with Gasteiger partial charge in [-0.25, -0.2) is 26.4 Å². The summed E-state index contributed by atoms with van der Waals surface area (Å²) in [7, 11) is -7.55. The number of amides is 1. The number of hydrogen-bond donors (Lipinski definition) is 4. The lowest BCUT2D eigenvalue weighted by atomic mass is 10.2. The summed E-state index contributed by atoms with van der Waals surface area (Å²) in [6.07, 6.45) is 0. The second kappa shape index (κ2) is 15.5.